The first-order valence-electron chi connectivity index (χ1n) is 4.40. The molecule has 0 atom stereocenters. The minimum absolute atomic E-state index is 0.202. The van der Waals surface area contributed by atoms with Gasteiger partial charge < -0.3 is 5.32 Å². The zero-order chi connectivity index (χ0) is 10.8. The largest absolute Gasteiger partial charge is 0.336 e. The molecule has 1 aliphatic rings. The van der Waals surface area contributed by atoms with Crippen LogP contribution in [0.4, 0.5) is 9.18 Å². The van der Waals surface area contributed by atoms with Gasteiger partial charge in [0.05, 0.1) is 5.56 Å². The van der Waals surface area contributed by atoms with Gasteiger partial charge in [-0.1, -0.05) is 0 Å². The van der Waals surface area contributed by atoms with Gasteiger partial charge >= 0.3 is 6.03 Å². The van der Waals surface area contributed by atoms with E-state index in [4.69, 9.17) is 0 Å². The normalized spacial score (nSPS) is 15.3. The van der Waals surface area contributed by atoms with Gasteiger partial charge in [-0.25, -0.2) is 9.78 Å². The Morgan fingerprint density at radius 3 is 2.87 bits per heavy atom. The summed E-state index contributed by atoms with van der Waals surface area (Å²) in [4.78, 5) is 27.2. The summed E-state index contributed by atoms with van der Waals surface area (Å²) in [5.41, 5.74) is 0.202. The lowest BCUT2D eigenvalue weighted by Gasteiger charge is -2.11. The quantitative estimate of drug-likeness (QED) is 0.680. The molecule has 2 heterocycles. The van der Waals surface area contributed by atoms with Gasteiger partial charge in [0, 0.05) is 19.3 Å². The molecule has 78 valence electrons. The van der Waals surface area contributed by atoms with E-state index in [2.05, 4.69) is 10.3 Å². The number of hydrogen-bond donors (Lipinski definition) is 1. The van der Waals surface area contributed by atoms with Crippen LogP contribution >= 0.6 is 0 Å². The molecule has 1 fully saturated rings. The van der Waals surface area contributed by atoms with Crippen LogP contribution in [0.5, 0.6) is 0 Å². The van der Waals surface area contributed by atoms with Crippen LogP contribution in [0.3, 0.4) is 0 Å². The summed E-state index contributed by atoms with van der Waals surface area (Å²) >= 11 is 0. The van der Waals surface area contributed by atoms with Gasteiger partial charge in [0.15, 0.2) is 0 Å². The maximum atomic E-state index is 12.5. The summed E-state index contributed by atoms with van der Waals surface area (Å²) in [6, 6.07) is 1.96. The number of imide groups is 1. The second-order valence-electron chi connectivity index (χ2n) is 3.06. The van der Waals surface area contributed by atoms with Crippen molar-refractivity contribution >= 4 is 11.9 Å². The summed E-state index contributed by atoms with van der Waals surface area (Å²) in [5.74, 6) is -1.12. The predicted octanol–water partition coefficient (Wildman–Crippen LogP) is 0.386. The summed E-state index contributed by atoms with van der Waals surface area (Å²) in [6.45, 7) is 0.772. The number of nitrogens with zero attached hydrogens (tertiary/aromatic N) is 2. The van der Waals surface area contributed by atoms with Gasteiger partial charge in [-0.2, -0.15) is 4.39 Å². The molecule has 1 saturated heterocycles. The number of urea groups is 1. The molecule has 0 aromatic carbocycles. The van der Waals surface area contributed by atoms with Crippen molar-refractivity contribution in [3.05, 3.63) is 29.8 Å². The van der Waals surface area contributed by atoms with Crippen LogP contribution in [0.25, 0.3) is 0 Å². The average Bonchev–Trinajstić information content (AvgIpc) is 2.65. The second kappa shape index (κ2) is 3.64. The zero-order valence-electron chi connectivity index (χ0n) is 7.74. The number of halogens is 1. The fourth-order valence-corrected chi connectivity index (χ4v) is 1.32. The summed E-state index contributed by atoms with van der Waals surface area (Å²) < 4.78 is 12.5. The molecular weight excluding hydrogens is 201 g/mol. The average molecular weight is 209 g/mol. The number of aromatic nitrogens is 1. The molecule has 6 heteroatoms. The second-order valence-corrected chi connectivity index (χ2v) is 3.06. The van der Waals surface area contributed by atoms with Gasteiger partial charge in [-0.05, 0) is 12.1 Å². The Kier molecular flexibility index (Phi) is 2.32. The fourth-order valence-electron chi connectivity index (χ4n) is 1.32. The number of rotatable bonds is 1. The third kappa shape index (κ3) is 1.78. The van der Waals surface area contributed by atoms with Crippen LogP contribution in [0.15, 0.2) is 18.3 Å². The Bertz CT molecular complexity index is 404. The van der Waals surface area contributed by atoms with Gasteiger partial charge in [0.25, 0.3) is 5.91 Å². The summed E-state index contributed by atoms with van der Waals surface area (Å²) in [5, 5.41) is 2.50. The summed E-state index contributed by atoms with van der Waals surface area (Å²) in [7, 11) is 0. The predicted molar refractivity (Wildman–Crippen MR) is 48.6 cm³/mol. The highest BCUT2D eigenvalue weighted by Crippen LogP contribution is 2.07. The zero-order valence-corrected chi connectivity index (χ0v) is 7.74. The minimum Gasteiger partial charge on any atom is -0.336 e. The van der Waals surface area contributed by atoms with Crippen LogP contribution in [-0.2, 0) is 0 Å². The van der Waals surface area contributed by atoms with Gasteiger partial charge in [-0.3, -0.25) is 9.69 Å². The molecule has 0 saturated carbocycles. The van der Waals surface area contributed by atoms with E-state index in [1.54, 1.807) is 0 Å². The number of hydrogen-bond acceptors (Lipinski definition) is 3. The Balaban J connectivity index is 2.20. The SMILES string of the molecule is O=C1NCCN1C(=O)c1ccc(F)nc1. The standard InChI is InChI=1S/C9H8FN3O2/c10-7-2-1-6(5-12-7)8(14)13-4-3-11-9(13)15/h1-2,5H,3-4H2,(H,11,15). The number of carbonyl (C=O) groups is 2. The summed E-state index contributed by atoms with van der Waals surface area (Å²) in [6.07, 6.45) is 1.11. The highest BCUT2D eigenvalue weighted by molar-refractivity contribution is 6.04. The van der Waals surface area contributed by atoms with Crippen molar-refractivity contribution in [1.29, 1.82) is 0 Å². The van der Waals surface area contributed by atoms with Crippen LogP contribution in [0.2, 0.25) is 0 Å². The number of pyridine rings is 1. The molecule has 2 rings (SSSR count). The third-order valence-electron chi connectivity index (χ3n) is 2.08. The van der Waals surface area contributed by atoms with E-state index in [9.17, 15) is 14.0 Å². The molecule has 0 aliphatic carbocycles. The van der Waals surface area contributed by atoms with E-state index in [1.807, 2.05) is 0 Å². The molecule has 0 spiro atoms. The monoisotopic (exact) mass is 209 g/mol. The first-order valence-corrected chi connectivity index (χ1v) is 4.40. The molecular formula is C9H8FN3O2. The maximum Gasteiger partial charge on any atom is 0.324 e. The lowest BCUT2D eigenvalue weighted by atomic mass is 10.2. The van der Waals surface area contributed by atoms with E-state index >= 15 is 0 Å². The molecule has 15 heavy (non-hydrogen) atoms. The lowest BCUT2D eigenvalue weighted by Crippen LogP contribution is -2.34. The Hall–Kier alpha value is -1.98. The van der Waals surface area contributed by atoms with Gasteiger partial charge in [0.1, 0.15) is 0 Å². The van der Waals surface area contributed by atoms with Crippen molar-refractivity contribution in [2.24, 2.45) is 0 Å². The molecule has 1 N–H and O–H groups in total. The smallest absolute Gasteiger partial charge is 0.324 e. The maximum absolute atomic E-state index is 12.5. The fraction of sp³-hybridized carbons (Fsp3) is 0.222. The van der Waals surface area contributed by atoms with Crippen molar-refractivity contribution < 1.29 is 14.0 Å². The molecule has 1 aromatic rings. The molecule has 5 nitrogen and oxygen atoms in total. The van der Waals surface area contributed by atoms with E-state index in [0.717, 1.165) is 17.2 Å². The van der Waals surface area contributed by atoms with Crippen molar-refractivity contribution in [2.75, 3.05) is 13.1 Å². The lowest BCUT2D eigenvalue weighted by molar-refractivity contribution is 0.0829. The van der Waals surface area contributed by atoms with E-state index in [0.29, 0.717) is 13.1 Å². The van der Waals surface area contributed by atoms with Crippen LogP contribution in [0.1, 0.15) is 10.4 Å². The van der Waals surface area contributed by atoms with E-state index in [1.165, 1.54) is 6.07 Å². The molecule has 0 bridgehead atoms. The van der Waals surface area contributed by atoms with Crippen LogP contribution in [0, 0.1) is 5.95 Å². The molecule has 3 amide bonds. The highest BCUT2D eigenvalue weighted by atomic mass is 19.1. The van der Waals surface area contributed by atoms with E-state index < -0.39 is 17.9 Å². The number of carbonyl (C=O) groups excluding carboxylic acids is 2. The topological polar surface area (TPSA) is 62.3 Å². The first kappa shape index (κ1) is 9.57. The van der Waals surface area contributed by atoms with Crippen molar-refractivity contribution in [3.8, 4) is 0 Å². The number of nitrogens with one attached hydrogen (secondary N) is 1. The molecule has 1 aliphatic heterocycles. The minimum atomic E-state index is -0.655. The van der Waals surface area contributed by atoms with Crippen LogP contribution in [-0.4, -0.2) is 34.9 Å². The first-order chi connectivity index (χ1) is 7.18. The third-order valence-corrected chi connectivity index (χ3v) is 2.08. The van der Waals surface area contributed by atoms with Crippen molar-refractivity contribution in [2.45, 2.75) is 0 Å². The number of amides is 3. The molecule has 0 unspecified atom stereocenters. The molecule has 0 radical (unpaired) electrons. The van der Waals surface area contributed by atoms with Crippen LogP contribution < -0.4 is 5.32 Å². The highest BCUT2D eigenvalue weighted by Gasteiger charge is 2.27. The van der Waals surface area contributed by atoms with Gasteiger partial charge in [0.2, 0.25) is 5.95 Å². The van der Waals surface area contributed by atoms with E-state index in [-0.39, 0.29) is 5.56 Å². The van der Waals surface area contributed by atoms with Crippen molar-refractivity contribution in [3.63, 3.8) is 0 Å². The molecule has 1 aromatic heterocycles. The Morgan fingerprint density at radius 2 is 2.33 bits per heavy atom. The van der Waals surface area contributed by atoms with Crippen molar-refractivity contribution in [1.82, 2.24) is 15.2 Å². The Morgan fingerprint density at radius 1 is 1.53 bits per heavy atom. The van der Waals surface area contributed by atoms with Gasteiger partial charge in [-0.15, -0.1) is 0 Å². The Labute approximate surface area is 84.9 Å².